The van der Waals surface area contributed by atoms with Crippen molar-refractivity contribution in [3.05, 3.63) is 96.1 Å². The van der Waals surface area contributed by atoms with Crippen LogP contribution in [0.2, 0.25) is 0 Å². The molecule has 1 unspecified atom stereocenters. The average Bonchev–Trinajstić information content (AvgIpc) is 2.91. The molecule has 1 atom stereocenters. The average molecular weight is 606 g/mol. The van der Waals surface area contributed by atoms with E-state index in [1.54, 1.807) is 30.3 Å². The van der Waals surface area contributed by atoms with E-state index in [9.17, 15) is 26.2 Å². The Hall–Kier alpha value is -4.29. The van der Waals surface area contributed by atoms with Gasteiger partial charge in [-0.15, -0.1) is 0 Å². The van der Waals surface area contributed by atoms with E-state index in [-0.39, 0.29) is 28.5 Å². The fraction of sp³-hybridized carbons (Fsp3) is 0.167. The first kappa shape index (κ1) is 30.7. The van der Waals surface area contributed by atoms with E-state index in [4.69, 9.17) is 20.9 Å². The van der Waals surface area contributed by atoms with Gasteiger partial charge in [-0.25, -0.2) is 8.78 Å². The van der Waals surface area contributed by atoms with Crippen LogP contribution in [0.4, 0.5) is 33.3 Å². The van der Waals surface area contributed by atoms with Crippen LogP contribution in [0.1, 0.15) is 18.1 Å². The van der Waals surface area contributed by atoms with Crippen molar-refractivity contribution in [2.75, 3.05) is 24.1 Å². The summed E-state index contributed by atoms with van der Waals surface area (Å²) in [5.41, 5.74) is 10.2. The maximum absolute atomic E-state index is 14.0. The molecule has 0 aromatic heterocycles. The van der Waals surface area contributed by atoms with E-state index in [0.29, 0.717) is 34.3 Å². The number of anilines is 2. The first-order chi connectivity index (χ1) is 19.6. The first-order valence-corrected chi connectivity index (χ1v) is 14.3. The molecule has 0 amide bonds. The van der Waals surface area contributed by atoms with E-state index < -0.39 is 27.2 Å². The summed E-state index contributed by atoms with van der Waals surface area (Å²) in [5, 5.41) is 2.96. The van der Waals surface area contributed by atoms with Crippen LogP contribution in [0.15, 0.2) is 94.7 Å². The zero-order valence-corrected chi connectivity index (χ0v) is 23.2. The Morgan fingerprint density at radius 2 is 1.26 bits per heavy atom. The van der Waals surface area contributed by atoms with Crippen LogP contribution in [0.5, 0.6) is 23.0 Å². The molecule has 5 N–H and O–H groups in total. The van der Waals surface area contributed by atoms with Gasteiger partial charge < -0.3 is 26.3 Å². The molecule has 0 bridgehead atoms. The number of rotatable bonds is 10. The lowest BCUT2D eigenvalue weighted by Gasteiger charge is -2.16. The molecule has 0 heterocycles. The Bertz CT molecular complexity index is 1650. The molecule has 0 saturated heterocycles. The van der Waals surface area contributed by atoms with Crippen molar-refractivity contribution in [2.24, 2.45) is 5.73 Å². The summed E-state index contributed by atoms with van der Waals surface area (Å²) in [6, 6.07) is 19.1. The first-order valence-electron chi connectivity index (χ1n) is 12.5. The Balaban J connectivity index is 1.50. The van der Waals surface area contributed by atoms with Gasteiger partial charge in [-0.1, -0.05) is 0 Å². The quantitative estimate of drug-likeness (QED) is 0.0984. The standard InChI is InChI=1S/C30H28F5N3O3S/c1-29(31,32)19-14-22(38-12-11-36)18-26(15-19)41-24-5-9-28(10-6-24)42(2,39)27-7-3-23(4-8-27)40-25-16-20(30(33,34)35)13-21(37)17-25/h3-10,13-18,38H,2,11-12,36-37H2,1H3. The third-order valence-electron chi connectivity index (χ3n) is 6.02. The summed E-state index contributed by atoms with van der Waals surface area (Å²) in [7, 11) is -2.99. The van der Waals surface area contributed by atoms with Crippen LogP contribution in [0.3, 0.4) is 0 Å². The van der Waals surface area contributed by atoms with Gasteiger partial charge in [0, 0.05) is 68.4 Å². The van der Waals surface area contributed by atoms with E-state index >= 15 is 0 Å². The second-order valence-corrected chi connectivity index (χ2v) is 11.8. The van der Waals surface area contributed by atoms with Gasteiger partial charge in [-0.2, -0.15) is 13.2 Å². The summed E-state index contributed by atoms with van der Waals surface area (Å²) in [5.74, 6) is 1.37. The maximum Gasteiger partial charge on any atom is 0.416 e. The van der Waals surface area contributed by atoms with E-state index in [1.165, 1.54) is 42.5 Å². The molecule has 4 aromatic rings. The number of hydrogen-bond donors (Lipinski definition) is 3. The minimum atomic E-state index is -4.59. The highest BCUT2D eigenvalue weighted by molar-refractivity contribution is 8.00. The van der Waals surface area contributed by atoms with Crippen molar-refractivity contribution in [3.63, 3.8) is 0 Å². The van der Waals surface area contributed by atoms with Crippen LogP contribution >= 0.6 is 0 Å². The van der Waals surface area contributed by atoms with Gasteiger partial charge in [-0.3, -0.25) is 4.21 Å². The number of alkyl halides is 5. The smallest absolute Gasteiger partial charge is 0.416 e. The molecule has 0 radical (unpaired) electrons. The summed E-state index contributed by atoms with van der Waals surface area (Å²) in [6.45, 7) is 1.49. The maximum atomic E-state index is 14.0. The third-order valence-corrected chi connectivity index (χ3v) is 8.09. The predicted octanol–water partition coefficient (Wildman–Crippen LogP) is 7.49. The van der Waals surface area contributed by atoms with Crippen LogP contribution < -0.4 is 26.3 Å². The normalized spacial score (nSPS) is 13.3. The lowest BCUT2D eigenvalue weighted by molar-refractivity contribution is -0.137. The monoisotopic (exact) mass is 605 g/mol. The number of benzene rings is 4. The Labute approximate surface area is 240 Å². The van der Waals surface area contributed by atoms with Gasteiger partial charge >= 0.3 is 6.18 Å². The Morgan fingerprint density at radius 1 is 0.762 bits per heavy atom. The van der Waals surface area contributed by atoms with Gasteiger partial charge in [0.1, 0.15) is 23.0 Å². The molecular weight excluding hydrogens is 577 g/mol. The van der Waals surface area contributed by atoms with E-state index in [0.717, 1.165) is 19.1 Å². The Morgan fingerprint density at radius 3 is 1.74 bits per heavy atom. The second-order valence-electron chi connectivity index (χ2n) is 9.46. The van der Waals surface area contributed by atoms with Gasteiger partial charge in [0.25, 0.3) is 5.92 Å². The summed E-state index contributed by atoms with van der Waals surface area (Å²) >= 11 is 0. The van der Waals surface area contributed by atoms with Crippen molar-refractivity contribution < 1.29 is 35.6 Å². The van der Waals surface area contributed by atoms with Gasteiger partial charge in [0.2, 0.25) is 0 Å². The fourth-order valence-electron chi connectivity index (χ4n) is 3.94. The van der Waals surface area contributed by atoms with Crippen molar-refractivity contribution in [2.45, 2.75) is 28.8 Å². The molecule has 0 aliphatic carbocycles. The molecule has 0 spiro atoms. The van der Waals surface area contributed by atoms with Crippen molar-refractivity contribution >= 4 is 26.8 Å². The van der Waals surface area contributed by atoms with Crippen molar-refractivity contribution in [1.29, 1.82) is 0 Å². The SMILES string of the molecule is C=S(=O)(c1ccc(Oc2cc(NCCN)cc(C(C)(F)F)c2)cc1)c1ccc(Oc2cc(N)cc(C(F)(F)F)c2)cc1. The fourth-order valence-corrected chi connectivity index (χ4v) is 5.36. The molecule has 4 aromatic carbocycles. The molecular formula is C30H28F5N3O3S. The zero-order chi connectivity index (χ0) is 30.7. The lowest BCUT2D eigenvalue weighted by atomic mass is 10.1. The van der Waals surface area contributed by atoms with Gasteiger partial charge in [0.05, 0.1) is 5.56 Å². The topological polar surface area (TPSA) is 99.6 Å². The minimum Gasteiger partial charge on any atom is -0.457 e. The van der Waals surface area contributed by atoms with Crippen LogP contribution in [-0.4, -0.2) is 23.2 Å². The second kappa shape index (κ2) is 11.9. The number of ether oxygens (including phenoxy) is 2. The highest BCUT2D eigenvalue weighted by Gasteiger charge is 2.31. The van der Waals surface area contributed by atoms with Crippen molar-refractivity contribution in [3.8, 4) is 23.0 Å². The largest absolute Gasteiger partial charge is 0.457 e. The van der Waals surface area contributed by atoms with E-state index in [2.05, 4.69) is 11.2 Å². The van der Waals surface area contributed by atoms with Crippen LogP contribution in [-0.2, 0) is 21.6 Å². The molecule has 222 valence electrons. The van der Waals surface area contributed by atoms with Crippen LogP contribution in [0.25, 0.3) is 0 Å². The number of halogens is 5. The third kappa shape index (κ3) is 7.51. The molecule has 4 rings (SSSR count). The van der Waals surface area contributed by atoms with Crippen molar-refractivity contribution in [1.82, 2.24) is 0 Å². The zero-order valence-electron chi connectivity index (χ0n) is 22.4. The van der Waals surface area contributed by atoms with E-state index in [1.807, 2.05) is 0 Å². The molecule has 0 fully saturated rings. The molecule has 0 saturated carbocycles. The molecule has 42 heavy (non-hydrogen) atoms. The highest BCUT2D eigenvalue weighted by Crippen LogP contribution is 2.36. The summed E-state index contributed by atoms with van der Waals surface area (Å²) < 4.78 is 92.3. The number of nitrogens with two attached hydrogens (primary N) is 2. The lowest BCUT2D eigenvalue weighted by Crippen LogP contribution is -2.14. The van der Waals surface area contributed by atoms with Gasteiger partial charge in [-0.05, 0) is 78.7 Å². The number of nitrogens with one attached hydrogen (secondary N) is 1. The minimum absolute atomic E-state index is 0.100. The summed E-state index contributed by atoms with van der Waals surface area (Å²) in [4.78, 5) is 0.717. The Kier molecular flexibility index (Phi) is 8.69. The van der Waals surface area contributed by atoms with Crippen LogP contribution in [0, 0.1) is 0 Å². The van der Waals surface area contributed by atoms with Gasteiger partial charge in [0.15, 0.2) is 0 Å². The summed E-state index contributed by atoms with van der Waals surface area (Å²) in [6.07, 6.45) is -4.59. The molecule has 0 aliphatic rings. The molecule has 12 heteroatoms. The molecule has 0 aliphatic heterocycles. The number of hydrogen-bond acceptors (Lipinski definition) is 6. The number of nitrogen functional groups attached to an aromatic ring is 1. The predicted molar refractivity (Wildman–Crippen MR) is 154 cm³/mol. The highest BCUT2D eigenvalue weighted by atomic mass is 32.2. The molecule has 6 nitrogen and oxygen atoms in total.